The average molecular weight is 529 g/mol. The lowest BCUT2D eigenvalue weighted by atomic mass is 10.1. The minimum absolute atomic E-state index is 0.0105. The smallest absolute Gasteiger partial charge is 0.408 e. The molecule has 1 heterocycles. The van der Waals surface area contributed by atoms with Crippen molar-refractivity contribution < 1.29 is 33.7 Å². The van der Waals surface area contributed by atoms with E-state index < -0.39 is 42.8 Å². The van der Waals surface area contributed by atoms with Gasteiger partial charge in [0, 0.05) is 18.6 Å². The molecule has 2 aliphatic rings. The number of nitrogens with zero attached hydrogens (tertiary/aromatic N) is 1. The number of carbonyl (C=O) groups excluding carboxylic acids is 2. The van der Waals surface area contributed by atoms with Gasteiger partial charge in [-0.25, -0.2) is 9.59 Å². The van der Waals surface area contributed by atoms with Gasteiger partial charge >= 0.3 is 12.1 Å². The van der Waals surface area contributed by atoms with Crippen molar-refractivity contribution >= 4 is 25.3 Å². The zero-order valence-corrected chi connectivity index (χ0v) is 21.5. The van der Waals surface area contributed by atoms with Crippen LogP contribution in [-0.2, 0) is 31.9 Å². The topological polar surface area (TPSA) is 133 Å². The quantitative estimate of drug-likeness (QED) is 0.419. The lowest BCUT2D eigenvalue weighted by Crippen LogP contribution is -2.46. The summed E-state index contributed by atoms with van der Waals surface area (Å²) in [5, 5.41) is 12.1. The van der Waals surface area contributed by atoms with Crippen LogP contribution in [0.1, 0.15) is 43.2 Å². The fraction of sp³-hybridized carbons (Fsp3) is 0.444. The Kier molecular flexibility index (Phi) is 8.67. The lowest BCUT2D eigenvalue weighted by molar-refractivity contribution is -0.149. The number of carbonyl (C=O) groups is 3. The molecule has 3 N–H and O–H groups in total. The molecule has 2 aromatic carbocycles. The van der Waals surface area contributed by atoms with Crippen LogP contribution in [0.3, 0.4) is 0 Å². The summed E-state index contributed by atoms with van der Waals surface area (Å²) in [5.41, 5.74) is 0.666. The Morgan fingerprint density at radius 2 is 1.62 bits per heavy atom. The molecule has 5 atom stereocenters. The lowest BCUT2D eigenvalue weighted by Gasteiger charge is -2.33. The van der Waals surface area contributed by atoms with E-state index in [0.29, 0.717) is 38.6 Å². The van der Waals surface area contributed by atoms with Crippen molar-refractivity contribution in [3.8, 4) is 0 Å². The maximum atomic E-state index is 14.1. The fourth-order valence-corrected chi connectivity index (χ4v) is 7.99. The van der Waals surface area contributed by atoms with Gasteiger partial charge in [-0.15, -0.1) is 0 Å². The van der Waals surface area contributed by atoms with E-state index in [4.69, 9.17) is 4.74 Å². The van der Waals surface area contributed by atoms with Gasteiger partial charge in [0.2, 0.25) is 13.3 Å². The van der Waals surface area contributed by atoms with Crippen LogP contribution in [0.2, 0.25) is 0 Å². The van der Waals surface area contributed by atoms with Crippen molar-refractivity contribution in [1.29, 1.82) is 0 Å². The van der Waals surface area contributed by atoms with Crippen LogP contribution in [0.4, 0.5) is 4.79 Å². The number of aliphatic carboxylic acids is 1. The number of benzene rings is 2. The van der Waals surface area contributed by atoms with Crippen molar-refractivity contribution in [2.75, 3.05) is 6.54 Å². The van der Waals surface area contributed by atoms with Crippen molar-refractivity contribution in [1.82, 2.24) is 10.2 Å². The first-order chi connectivity index (χ1) is 17.8. The summed E-state index contributed by atoms with van der Waals surface area (Å²) >= 11 is 0. The monoisotopic (exact) mass is 528 g/mol. The molecule has 1 aliphatic carbocycles. The first-order valence-electron chi connectivity index (χ1n) is 12.6. The zero-order chi connectivity index (χ0) is 26.4. The van der Waals surface area contributed by atoms with Crippen LogP contribution >= 0.6 is 7.37 Å². The summed E-state index contributed by atoms with van der Waals surface area (Å²) in [7, 11) is -4.17. The van der Waals surface area contributed by atoms with Gasteiger partial charge in [-0.05, 0) is 36.8 Å². The van der Waals surface area contributed by atoms with Crippen molar-refractivity contribution in [3.63, 3.8) is 0 Å². The van der Waals surface area contributed by atoms with E-state index in [2.05, 4.69) is 5.32 Å². The van der Waals surface area contributed by atoms with Crippen LogP contribution in [-0.4, -0.2) is 56.9 Å². The van der Waals surface area contributed by atoms with E-state index in [1.54, 1.807) is 0 Å². The predicted octanol–water partition coefficient (Wildman–Crippen LogP) is 4.00. The Morgan fingerprint density at radius 1 is 0.973 bits per heavy atom. The first-order valence-corrected chi connectivity index (χ1v) is 14.4. The van der Waals surface area contributed by atoms with Gasteiger partial charge in [-0.3, -0.25) is 9.36 Å². The van der Waals surface area contributed by atoms with Gasteiger partial charge in [0.1, 0.15) is 18.4 Å². The fourth-order valence-electron chi connectivity index (χ4n) is 5.42. The number of carboxylic acid groups (broad SMARTS) is 1. The highest BCUT2D eigenvalue weighted by Crippen LogP contribution is 2.59. The molecule has 1 aliphatic heterocycles. The predicted molar refractivity (Wildman–Crippen MR) is 137 cm³/mol. The highest BCUT2D eigenvalue weighted by Gasteiger charge is 2.51. The van der Waals surface area contributed by atoms with Crippen LogP contribution in [0, 0.1) is 5.92 Å². The molecule has 0 aromatic heterocycles. The van der Waals surface area contributed by atoms with Gasteiger partial charge in [0.25, 0.3) is 0 Å². The van der Waals surface area contributed by atoms with E-state index in [-0.39, 0.29) is 18.9 Å². The number of ether oxygens (including phenoxy) is 1. The van der Waals surface area contributed by atoms with Gasteiger partial charge in [0.15, 0.2) is 0 Å². The Labute approximate surface area is 216 Å². The molecule has 198 valence electrons. The maximum absolute atomic E-state index is 14.1. The van der Waals surface area contributed by atoms with Crippen LogP contribution < -0.4 is 5.32 Å². The molecule has 2 fully saturated rings. The molecular formula is C27H33N2O7P. The number of amides is 2. The summed E-state index contributed by atoms with van der Waals surface area (Å²) < 4.78 is 19.4. The van der Waals surface area contributed by atoms with Crippen molar-refractivity contribution in [2.24, 2.45) is 5.92 Å². The Bertz CT molecular complexity index is 1140. The normalized spacial score (nSPS) is 23.7. The Hall–Kier alpha value is -3.16. The third-order valence-electron chi connectivity index (χ3n) is 7.31. The Morgan fingerprint density at radius 3 is 2.27 bits per heavy atom. The second kappa shape index (κ2) is 11.9. The second-order valence-electron chi connectivity index (χ2n) is 9.72. The number of rotatable bonds is 9. The van der Waals surface area contributed by atoms with Gasteiger partial charge in [-0.2, -0.15) is 0 Å². The van der Waals surface area contributed by atoms with E-state index in [1.165, 1.54) is 4.90 Å². The molecular weight excluding hydrogens is 495 g/mol. The van der Waals surface area contributed by atoms with Gasteiger partial charge in [-0.1, -0.05) is 67.1 Å². The van der Waals surface area contributed by atoms with Crippen LogP contribution in [0.5, 0.6) is 0 Å². The first kappa shape index (κ1) is 26.9. The highest BCUT2D eigenvalue weighted by molar-refractivity contribution is 7.59. The highest BCUT2D eigenvalue weighted by atomic mass is 31.2. The second-order valence-corrected chi connectivity index (χ2v) is 12.3. The SMILES string of the molecule is O=C(NC(Cc1ccccc1)P(=O)(O)C1CCCC1C(=O)N1CCCC1C(=O)O)OCc1ccccc1. The number of likely N-dealkylation sites (tertiary alicyclic amines) is 1. The summed E-state index contributed by atoms with van der Waals surface area (Å²) in [6, 6.07) is 17.3. The minimum Gasteiger partial charge on any atom is -0.480 e. The number of nitrogens with one attached hydrogen (secondary N) is 1. The standard InChI is InChI=1S/C27H33N2O7P/c30-25(29-16-8-14-22(29)26(31)32)21-13-7-15-23(21)37(34,35)24(17-19-9-3-1-4-10-19)28-27(33)36-18-20-11-5-2-6-12-20/h1-6,9-12,21-24H,7-8,13-18H2,(H,28,33)(H,31,32)(H,34,35). The maximum Gasteiger partial charge on any atom is 0.408 e. The molecule has 1 saturated carbocycles. The molecule has 5 unspecified atom stereocenters. The molecule has 0 spiro atoms. The van der Waals surface area contributed by atoms with E-state index in [1.807, 2.05) is 60.7 Å². The molecule has 37 heavy (non-hydrogen) atoms. The summed E-state index contributed by atoms with van der Waals surface area (Å²) in [6.45, 7) is 0.336. The van der Waals surface area contributed by atoms with Gasteiger partial charge in [0.05, 0.1) is 5.92 Å². The molecule has 2 aromatic rings. The zero-order valence-electron chi connectivity index (χ0n) is 20.6. The van der Waals surface area contributed by atoms with E-state index in [0.717, 1.165) is 11.1 Å². The third-order valence-corrected chi connectivity index (χ3v) is 10.1. The molecule has 2 amide bonds. The molecule has 0 radical (unpaired) electrons. The minimum atomic E-state index is -4.17. The summed E-state index contributed by atoms with van der Waals surface area (Å²) in [4.78, 5) is 50.6. The number of hydrogen-bond acceptors (Lipinski definition) is 5. The number of hydrogen-bond donors (Lipinski definition) is 3. The number of alkyl carbamates (subject to hydrolysis) is 1. The average Bonchev–Trinajstić information content (AvgIpc) is 3.59. The van der Waals surface area contributed by atoms with E-state index in [9.17, 15) is 28.9 Å². The Balaban J connectivity index is 1.53. The molecule has 10 heteroatoms. The summed E-state index contributed by atoms with van der Waals surface area (Å²) in [6.07, 6.45) is 1.57. The van der Waals surface area contributed by atoms with Gasteiger partial charge < -0.3 is 25.0 Å². The van der Waals surface area contributed by atoms with Crippen LogP contribution in [0.15, 0.2) is 60.7 Å². The molecule has 0 bridgehead atoms. The number of carboxylic acids is 1. The molecule has 1 saturated heterocycles. The third kappa shape index (κ3) is 6.40. The van der Waals surface area contributed by atoms with Crippen molar-refractivity contribution in [2.45, 2.75) is 62.6 Å². The molecule has 4 rings (SSSR count). The summed E-state index contributed by atoms with van der Waals surface area (Å²) in [5.74, 6) is -3.37. The van der Waals surface area contributed by atoms with Crippen LogP contribution in [0.25, 0.3) is 0 Å². The largest absolute Gasteiger partial charge is 0.480 e. The van der Waals surface area contributed by atoms with Crippen molar-refractivity contribution in [3.05, 3.63) is 71.8 Å². The molecule has 9 nitrogen and oxygen atoms in total. The van der Waals surface area contributed by atoms with E-state index >= 15 is 0 Å².